The Hall–Kier alpha value is -0.940. The van der Waals surface area contributed by atoms with Crippen LogP contribution in [0, 0.1) is 0 Å². The molecule has 0 aromatic carbocycles. The molecule has 2 heterocycles. The first kappa shape index (κ1) is 9.61. The second-order valence-corrected chi connectivity index (χ2v) is 3.57. The minimum atomic E-state index is -0.140. The van der Waals surface area contributed by atoms with E-state index in [4.69, 9.17) is 15.0 Å². The van der Waals surface area contributed by atoms with Crippen LogP contribution in [0.3, 0.4) is 0 Å². The first-order chi connectivity index (χ1) is 6.81. The van der Waals surface area contributed by atoms with Crippen LogP contribution in [0.5, 0.6) is 0 Å². The van der Waals surface area contributed by atoms with Gasteiger partial charge in [-0.1, -0.05) is 12.1 Å². The minimum Gasteiger partial charge on any atom is -0.381 e. The third-order valence-corrected chi connectivity index (χ3v) is 2.51. The molecule has 14 heavy (non-hydrogen) atoms. The maximum absolute atomic E-state index is 5.78. The van der Waals surface area contributed by atoms with Crippen molar-refractivity contribution in [3.05, 3.63) is 11.7 Å². The topological polar surface area (TPSA) is 74.2 Å². The molecule has 0 bridgehead atoms. The Labute approximate surface area is 82.6 Å². The van der Waals surface area contributed by atoms with Crippen molar-refractivity contribution in [1.29, 1.82) is 0 Å². The van der Waals surface area contributed by atoms with Crippen LogP contribution in [-0.2, 0) is 4.74 Å². The average molecular weight is 197 g/mol. The number of hydrogen-bond acceptors (Lipinski definition) is 5. The highest BCUT2D eigenvalue weighted by Gasteiger charge is 2.24. The largest absolute Gasteiger partial charge is 0.381 e. The number of nitrogens with zero attached hydrogens (tertiary/aromatic N) is 2. The first-order valence-corrected chi connectivity index (χ1v) is 4.98. The van der Waals surface area contributed by atoms with Gasteiger partial charge in [0, 0.05) is 12.5 Å². The fraction of sp³-hybridized carbons (Fsp3) is 0.778. The summed E-state index contributed by atoms with van der Waals surface area (Å²) in [6.45, 7) is 3.47. The number of hydrogen-bond donors (Lipinski definition) is 1. The van der Waals surface area contributed by atoms with Gasteiger partial charge in [0.2, 0.25) is 5.89 Å². The summed E-state index contributed by atoms with van der Waals surface area (Å²) >= 11 is 0. The lowest BCUT2D eigenvalue weighted by molar-refractivity contribution is 0.192. The van der Waals surface area contributed by atoms with E-state index in [1.54, 1.807) is 0 Å². The number of nitrogens with two attached hydrogens (primary N) is 1. The monoisotopic (exact) mass is 197 g/mol. The summed E-state index contributed by atoms with van der Waals surface area (Å²) in [5, 5.41) is 3.92. The van der Waals surface area contributed by atoms with E-state index < -0.39 is 0 Å². The second kappa shape index (κ2) is 4.06. The zero-order valence-electron chi connectivity index (χ0n) is 8.27. The van der Waals surface area contributed by atoms with Gasteiger partial charge in [-0.05, 0) is 12.8 Å². The Morgan fingerprint density at radius 2 is 2.50 bits per heavy atom. The van der Waals surface area contributed by atoms with Gasteiger partial charge < -0.3 is 15.0 Å². The Bertz CT molecular complexity index is 294. The zero-order chi connectivity index (χ0) is 9.97. The predicted molar refractivity (Wildman–Crippen MR) is 49.7 cm³/mol. The van der Waals surface area contributed by atoms with E-state index in [2.05, 4.69) is 10.1 Å². The van der Waals surface area contributed by atoms with Crippen LogP contribution >= 0.6 is 0 Å². The smallest absolute Gasteiger partial charge is 0.243 e. The van der Waals surface area contributed by atoms with Crippen molar-refractivity contribution in [2.45, 2.75) is 31.7 Å². The van der Waals surface area contributed by atoms with Crippen LogP contribution in [0.1, 0.15) is 43.4 Å². The van der Waals surface area contributed by atoms with Crippen molar-refractivity contribution in [2.75, 3.05) is 13.2 Å². The molecule has 1 aliphatic heterocycles. The Morgan fingerprint density at radius 1 is 1.64 bits per heavy atom. The highest BCUT2D eigenvalue weighted by molar-refractivity contribution is 4.99. The molecule has 1 aromatic rings. The molecule has 0 spiro atoms. The second-order valence-electron chi connectivity index (χ2n) is 3.57. The highest BCUT2D eigenvalue weighted by Crippen LogP contribution is 2.23. The summed E-state index contributed by atoms with van der Waals surface area (Å²) in [6.07, 6.45) is 1.78. The summed E-state index contributed by atoms with van der Waals surface area (Å²) in [4.78, 5) is 4.28. The van der Waals surface area contributed by atoms with Crippen molar-refractivity contribution < 1.29 is 9.26 Å². The highest BCUT2D eigenvalue weighted by atomic mass is 16.5. The summed E-state index contributed by atoms with van der Waals surface area (Å²) in [5.41, 5.74) is 5.78. The van der Waals surface area contributed by atoms with Crippen LogP contribution in [0.25, 0.3) is 0 Å². The molecular formula is C9H15N3O2. The van der Waals surface area contributed by atoms with Crippen LogP contribution < -0.4 is 5.73 Å². The molecule has 0 radical (unpaired) electrons. The van der Waals surface area contributed by atoms with Gasteiger partial charge in [0.1, 0.15) is 0 Å². The summed E-state index contributed by atoms with van der Waals surface area (Å²) in [7, 11) is 0. The van der Waals surface area contributed by atoms with Gasteiger partial charge in [-0.25, -0.2) is 0 Å². The van der Waals surface area contributed by atoms with Gasteiger partial charge in [0.25, 0.3) is 0 Å². The van der Waals surface area contributed by atoms with E-state index in [1.807, 2.05) is 6.92 Å². The molecule has 0 aliphatic carbocycles. The zero-order valence-corrected chi connectivity index (χ0v) is 8.27. The molecule has 1 saturated heterocycles. The summed E-state index contributed by atoms with van der Waals surface area (Å²) in [5.74, 6) is 1.56. The van der Waals surface area contributed by atoms with Crippen LogP contribution in [-0.4, -0.2) is 23.4 Å². The fourth-order valence-corrected chi connectivity index (χ4v) is 1.48. The quantitative estimate of drug-likeness (QED) is 0.781. The standard InChI is InChI=1S/C9H15N3O2/c1-2-7(10)9-11-8(12-14-9)6-3-4-13-5-6/h6-7H,2-5,10H2,1H3/t6?,7-/m0/s1. The molecule has 0 saturated carbocycles. The predicted octanol–water partition coefficient (Wildman–Crippen LogP) is 0.983. The van der Waals surface area contributed by atoms with Gasteiger partial charge in [-0.2, -0.15) is 4.98 Å². The Balaban J connectivity index is 2.08. The molecule has 2 atom stereocenters. The van der Waals surface area contributed by atoms with E-state index in [0.29, 0.717) is 12.5 Å². The normalized spacial score (nSPS) is 24.0. The lowest BCUT2D eigenvalue weighted by Gasteiger charge is -2.00. The molecule has 1 aliphatic rings. The molecule has 1 unspecified atom stereocenters. The maximum atomic E-state index is 5.78. The van der Waals surface area contributed by atoms with Gasteiger partial charge >= 0.3 is 0 Å². The van der Waals surface area contributed by atoms with Crippen molar-refractivity contribution in [3.63, 3.8) is 0 Å². The lowest BCUT2D eigenvalue weighted by atomic mass is 10.1. The fourth-order valence-electron chi connectivity index (χ4n) is 1.48. The molecule has 2 N–H and O–H groups in total. The molecule has 2 rings (SSSR count). The molecule has 5 heteroatoms. The molecule has 0 amide bonds. The van der Waals surface area contributed by atoms with Gasteiger partial charge in [0.05, 0.1) is 12.6 Å². The number of aromatic nitrogens is 2. The van der Waals surface area contributed by atoms with Crippen molar-refractivity contribution >= 4 is 0 Å². The lowest BCUT2D eigenvalue weighted by Crippen LogP contribution is -2.09. The van der Waals surface area contributed by atoms with E-state index in [0.717, 1.165) is 25.3 Å². The third kappa shape index (κ3) is 1.78. The molecule has 1 fully saturated rings. The molecule has 78 valence electrons. The van der Waals surface area contributed by atoms with E-state index in [9.17, 15) is 0 Å². The number of ether oxygens (including phenoxy) is 1. The molecular weight excluding hydrogens is 182 g/mol. The van der Waals surface area contributed by atoms with Crippen molar-refractivity contribution in [2.24, 2.45) is 5.73 Å². The van der Waals surface area contributed by atoms with Crippen LogP contribution in [0.15, 0.2) is 4.52 Å². The Kier molecular flexibility index (Phi) is 2.79. The molecule has 5 nitrogen and oxygen atoms in total. The average Bonchev–Trinajstić information content (AvgIpc) is 2.86. The van der Waals surface area contributed by atoms with Crippen LogP contribution in [0.2, 0.25) is 0 Å². The molecule has 1 aromatic heterocycles. The first-order valence-electron chi connectivity index (χ1n) is 4.98. The maximum Gasteiger partial charge on any atom is 0.243 e. The number of rotatable bonds is 3. The summed E-state index contributed by atoms with van der Waals surface area (Å²) in [6, 6.07) is -0.140. The van der Waals surface area contributed by atoms with Crippen molar-refractivity contribution in [1.82, 2.24) is 10.1 Å². The van der Waals surface area contributed by atoms with Crippen molar-refractivity contribution in [3.8, 4) is 0 Å². The van der Waals surface area contributed by atoms with Gasteiger partial charge in [-0.3, -0.25) is 0 Å². The minimum absolute atomic E-state index is 0.140. The van der Waals surface area contributed by atoms with E-state index in [1.165, 1.54) is 0 Å². The van der Waals surface area contributed by atoms with E-state index >= 15 is 0 Å². The Morgan fingerprint density at radius 3 is 3.14 bits per heavy atom. The summed E-state index contributed by atoms with van der Waals surface area (Å²) < 4.78 is 10.3. The SMILES string of the molecule is CC[C@H](N)c1nc(C2CCOC2)no1. The van der Waals surface area contributed by atoms with Gasteiger partial charge in [0.15, 0.2) is 5.82 Å². The third-order valence-electron chi connectivity index (χ3n) is 2.51. The van der Waals surface area contributed by atoms with E-state index in [-0.39, 0.29) is 12.0 Å². The van der Waals surface area contributed by atoms with Gasteiger partial charge in [-0.15, -0.1) is 0 Å². The van der Waals surface area contributed by atoms with Crippen LogP contribution in [0.4, 0.5) is 0 Å².